The molecule has 3 aromatic carbocycles. The van der Waals surface area contributed by atoms with Crippen molar-refractivity contribution >= 4 is 17.7 Å². The Balaban J connectivity index is 1.27. The zero-order valence-corrected chi connectivity index (χ0v) is 23.2. The first-order valence-electron chi connectivity index (χ1n) is 13.5. The van der Waals surface area contributed by atoms with Crippen LogP contribution in [0.1, 0.15) is 55.2 Å². The number of hydrogen-bond acceptors (Lipinski definition) is 6. The van der Waals surface area contributed by atoms with Crippen LogP contribution in [-0.2, 0) is 25.9 Å². The first-order chi connectivity index (χ1) is 20.0. The van der Waals surface area contributed by atoms with Crippen LogP contribution in [0.2, 0.25) is 0 Å². The van der Waals surface area contributed by atoms with E-state index in [0.29, 0.717) is 29.3 Å². The van der Waals surface area contributed by atoms with E-state index in [-0.39, 0.29) is 11.5 Å². The lowest BCUT2D eigenvalue weighted by molar-refractivity contribution is -0.146. The van der Waals surface area contributed by atoms with E-state index in [0.717, 1.165) is 41.7 Å². The number of anilines is 1. The summed E-state index contributed by atoms with van der Waals surface area (Å²) < 4.78 is 55.3. The summed E-state index contributed by atoms with van der Waals surface area (Å²) in [6.07, 6.45) is -4.74. The minimum atomic E-state index is -4.50. The highest BCUT2D eigenvalue weighted by atomic mass is 19.4. The molecule has 1 saturated carbocycles. The summed E-state index contributed by atoms with van der Waals surface area (Å²) in [5.74, 6) is 0.131. The number of amides is 1. The molecule has 1 amide bonds. The molecule has 1 aromatic heterocycles. The van der Waals surface area contributed by atoms with Gasteiger partial charge < -0.3 is 14.0 Å². The van der Waals surface area contributed by atoms with Crippen LogP contribution in [0.3, 0.4) is 0 Å². The van der Waals surface area contributed by atoms with Gasteiger partial charge in [0.1, 0.15) is 17.5 Å². The number of aromatic nitrogens is 1. The van der Waals surface area contributed by atoms with Crippen LogP contribution in [-0.4, -0.2) is 23.8 Å². The van der Waals surface area contributed by atoms with E-state index in [1.54, 1.807) is 13.8 Å². The van der Waals surface area contributed by atoms with Crippen LogP contribution in [0.25, 0.3) is 22.5 Å². The minimum absolute atomic E-state index is 0.178. The Hall–Kier alpha value is -4.60. The zero-order chi connectivity index (χ0) is 30.1. The van der Waals surface area contributed by atoms with E-state index >= 15 is 0 Å². The van der Waals surface area contributed by atoms with Crippen LogP contribution in [0.4, 0.5) is 23.7 Å². The Morgan fingerprint density at radius 1 is 1.00 bits per heavy atom. The molecule has 1 aliphatic rings. The third-order valence-corrected chi connectivity index (χ3v) is 7.39. The Morgan fingerprint density at radius 2 is 1.62 bits per heavy atom. The van der Waals surface area contributed by atoms with Crippen molar-refractivity contribution in [3.8, 4) is 22.5 Å². The van der Waals surface area contributed by atoms with Gasteiger partial charge in [-0.3, -0.25) is 10.1 Å². The van der Waals surface area contributed by atoms with E-state index in [1.165, 1.54) is 19.1 Å². The molecule has 1 fully saturated rings. The summed E-state index contributed by atoms with van der Waals surface area (Å²) in [6.45, 7) is 5.30. The van der Waals surface area contributed by atoms with Crippen LogP contribution >= 0.6 is 0 Å². The third-order valence-electron chi connectivity index (χ3n) is 7.39. The molecule has 0 bridgehead atoms. The smallest absolute Gasteiger partial charge is 0.416 e. The molecule has 218 valence electrons. The Kier molecular flexibility index (Phi) is 7.81. The van der Waals surface area contributed by atoms with Crippen molar-refractivity contribution in [3.05, 3.63) is 95.2 Å². The topological polar surface area (TPSA) is 90.7 Å². The quantitative estimate of drug-likeness (QED) is 0.212. The SMILES string of the molecule is CCOC(=O)C1(c2ccc(-c3ccc(-c4onc(C)c4NC(=O)O[C@H](C)c4cccc(C(F)(F)F)c4)cc3)cc2)CC1. The number of halogens is 3. The van der Waals surface area contributed by atoms with Crippen LogP contribution < -0.4 is 5.32 Å². The molecule has 4 aromatic rings. The van der Waals surface area contributed by atoms with E-state index in [1.807, 2.05) is 48.5 Å². The molecule has 5 rings (SSSR count). The van der Waals surface area contributed by atoms with Gasteiger partial charge in [-0.25, -0.2) is 4.79 Å². The number of rotatable bonds is 8. The molecule has 10 heteroatoms. The first kappa shape index (κ1) is 28.9. The molecule has 42 heavy (non-hydrogen) atoms. The minimum Gasteiger partial charge on any atom is -0.465 e. The van der Waals surface area contributed by atoms with Gasteiger partial charge in [-0.2, -0.15) is 13.2 Å². The lowest BCUT2D eigenvalue weighted by Gasteiger charge is -2.16. The number of esters is 1. The van der Waals surface area contributed by atoms with Crippen LogP contribution in [0.15, 0.2) is 77.3 Å². The van der Waals surface area contributed by atoms with Crippen molar-refractivity contribution in [2.45, 2.75) is 51.3 Å². The van der Waals surface area contributed by atoms with Crippen molar-refractivity contribution in [2.75, 3.05) is 11.9 Å². The average Bonchev–Trinajstić information content (AvgIpc) is 3.72. The number of alkyl halides is 3. The second kappa shape index (κ2) is 11.3. The van der Waals surface area contributed by atoms with Crippen molar-refractivity contribution in [2.24, 2.45) is 0 Å². The van der Waals surface area contributed by atoms with E-state index in [2.05, 4.69) is 10.5 Å². The summed E-state index contributed by atoms with van der Waals surface area (Å²) in [5, 5.41) is 6.58. The highest BCUT2D eigenvalue weighted by Crippen LogP contribution is 2.49. The number of benzene rings is 3. The van der Waals surface area contributed by atoms with Gasteiger partial charge >= 0.3 is 18.2 Å². The normalized spacial score (nSPS) is 14.6. The van der Waals surface area contributed by atoms with Gasteiger partial charge in [-0.05, 0) is 68.0 Å². The second-order valence-electron chi connectivity index (χ2n) is 10.2. The van der Waals surface area contributed by atoms with Gasteiger partial charge in [-0.15, -0.1) is 0 Å². The lowest BCUT2D eigenvalue weighted by Crippen LogP contribution is -2.23. The summed E-state index contributed by atoms with van der Waals surface area (Å²) in [5.41, 5.74) is 3.05. The number of ether oxygens (including phenoxy) is 2. The molecule has 0 aliphatic heterocycles. The van der Waals surface area contributed by atoms with E-state index in [9.17, 15) is 22.8 Å². The maximum absolute atomic E-state index is 13.1. The molecule has 1 N–H and O–H groups in total. The highest BCUT2D eigenvalue weighted by Gasteiger charge is 2.52. The van der Waals surface area contributed by atoms with E-state index in [4.69, 9.17) is 14.0 Å². The number of carbonyl (C=O) groups is 2. The molecule has 1 heterocycles. The molecule has 0 unspecified atom stereocenters. The third kappa shape index (κ3) is 5.88. The fraction of sp³-hybridized carbons (Fsp3) is 0.281. The summed E-state index contributed by atoms with van der Waals surface area (Å²) in [4.78, 5) is 25.1. The molecule has 0 spiro atoms. The number of hydrogen-bond donors (Lipinski definition) is 1. The second-order valence-corrected chi connectivity index (χ2v) is 10.2. The molecular weight excluding hydrogens is 549 g/mol. The van der Waals surface area contributed by atoms with Crippen molar-refractivity contribution in [3.63, 3.8) is 0 Å². The lowest BCUT2D eigenvalue weighted by atomic mass is 9.93. The van der Waals surface area contributed by atoms with Gasteiger partial charge in [-0.1, -0.05) is 65.8 Å². The Bertz CT molecular complexity index is 1590. The molecule has 0 saturated heterocycles. The monoisotopic (exact) mass is 578 g/mol. The van der Waals surface area contributed by atoms with Gasteiger partial charge in [0.2, 0.25) is 0 Å². The fourth-order valence-corrected chi connectivity index (χ4v) is 4.84. The Labute approximate surface area is 240 Å². The predicted molar refractivity (Wildman–Crippen MR) is 150 cm³/mol. The van der Waals surface area contributed by atoms with Crippen molar-refractivity contribution in [1.82, 2.24) is 5.16 Å². The standard InChI is InChI=1S/C32H29F3N2O5/c1-4-40-29(38)31(16-17-31)25-14-12-22(13-15-25)21-8-10-23(11-9-21)28-27(19(2)37-42-28)36-30(39)41-20(3)24-6-5-7-26(18-24)32(33,34)35/h5-15,18,20H,4,16-17H2,1-3H3,(H,36,39)/t20-/m1/s1. The van der Waals surface area contributed by atoms with Crippen LogP contribution in [0.5, 0.6) is 0 Å². The first-order valence-corrected chi connectivity index (χ1v) is 13.5. The highest BCUT2D eigenvalue weighted by molar-refractivity contribution is 5.91. The van der Waals surface area contributed by atoms with Crippen molar-refractivity contribution < 1.29 is 36.8 Å². The molecule has 7 nitrogen and oxygen atoms in total. The summed E-state index contributed by atoms with van der Waals surface area (Å²) in [7, 11) is 0. The largest absolute Gasteiger partial charge is 0.465 e. The van der Waals surface area contributed by atoms with Gasteiger partial charge in [0.25, 0.3) is 0 Å². The predicted octanol–water partition coefficient (Wildman–Crippen LogP) is 8.24. The van der Waals surface area contributed by atoms with E-state index < -0.39 is 29.4 Å². The fourth-order valence-electron chi connectivity index (χ4n) is 4.84. The number of nitrogens with one attached hydrogen (secondary N) is 1. The average molecular weight is 579 g/mol. The molecule has 1 aliphatic carbocycles. The van der Waals surface area contributed by atoms with Crippen LogP contribution in [0, 0.1) is 6.92 Å². The van der Waals surface area contributed by atoms with Gasteiger partial charge in [0.05, 0.1) is 17.6 Å². The number of carbonyl (C=O) groups excluding carboxylic acids is 2. The Morgan fingerprint density at radius 3 is 2.21 bits per heavy atom. The zero-order valence-electron chi connectivity index (χ0n) is 23.2. The molecule has 0 radical (unpaired) electrons. The van der Waals surface area contributed by atoms with Crippen molar-refractivity contribution in [1.29, 1.82) is 0 Å². The summed E-state index contributed by atoms with van der Waals surface area (Å²) in [6, 6.07) is 19.9. The maximum atomic E-state index is 13.1. The molecule has 1 atom stereocenters. The number of nitrogens with zero attached hydrogens (tertiary/aromatic N) is 1. The summed E-state index contributed by atoms with van der Waals surface area (Å²) >= 11 is 0. The maximum Gasteiger partial charge on any atom is 0.416 e. The molecular formula is C32H29F3N2O5. The van der Waals surface area contributed by atoms with Gasteiger partial charge in [0, 0.05) is 5.56 Å². The number of aryl methyl sites for hydroxylation is 1. The van der Waals surface area contributed by atoms with Gasteiger partial charge in [0.15, 0.2) is 5.76 Å².